The lowest BCUT2D eigenvalue weighted by molar-refractivity contribution is 0.177. The van der Waals surface area contributed by atoms with Gasteiger partial charge in [-0.1, -0.05) is 42.1 Å². The number of rotatable bonds is 2. The number of hydrogen-bond donors (Lipinski definition) is 0. The molecule has 19 heavy (non-hydrogen) atoms. The summed E-state index contributed by atoms with van der Waals surface area (Å²) in [4.78, 5) is 8.50. The Balaban J connectivity index is 1.86. The van der Waals surface area contributed by atoms with Gasteiger partial charge in [-0.3, -0.25) is 4.90 Å². The van der Waals surface area contributed by atoms with Crippen LogP contribution < -0.4 is 0 Å². The molecular weight excluding hydrogens is 256 g/mol. The van der Waals surface area contributed by atoms with E-state index in [-0.39, 0.29) is 0 Å². The Morgan fingerprint density at radius 2 is 1.95 bits per heavy atom. The average molecular weight is 274 g/mol. The van der Waals surface area contributed by atoms with Gasteiger partial charge in [0.25, 0.3) is 0 Å². The first-order chi connectivity index (χ1) is 9.33. The quantitative estimate of drug-likeness (QED) is 0.470. The summed E-state index contributed by atoms with van der Waals surface area (Å²) in [5, 5.41) is 9.49. The third-order valence-electron chi connectivity index (χ3n) is 3.22. The molecule has 1 aromatic rings. The molecule has 0 amide bonds. The van der Waals surface area contributed by atoms with Gasteiger partial charge in [-0.2, -0.15) is 5.26 Å². The van der Waals surface area contributed by atoms with E-state index in [0.29, 0.717) is 0 Å². The third-order valence-corrected chi connectivity index (χ3v) is 3.93. The molecule has 100 valence electrons. The molecule has 5 heteroatoms. The van der Waals surface area contributed by atoms with E-state index in [2.05, 4.69) is 39.1 Å². The Kier molecular flexibility index (Phi) is 5.25. The van der Waals surface area contributed by atoms with Crippen LogP contribution in [0.4, 0.5) is 0 Å². The summed E-state index contributed by atoms with van der Waals surface area (Å²) in [6.45, 7) is 4.90. The van der Waals surface area contributed by atoms with Crippen molar-refractivity contribution in [3.05, 3.63) is 35.9 Å². The number of nitrogens with zero attached hydrogens (tertiary/aromatic N) is 4. The van der Waals surface area contributed by atoms with E-state index in [1.54, 1.807) is 11.8 Å². The van der Waals surface area contributed by atoms with Crippen LogP contribution in [0.5, 0.6) is 0 Å². The minimum absolute atomic E-state index is 0.835. The van der Waals surface area contributed by atoms with Crippen molar-refractivity contribution in [1.82, 2.24) is 9.80 Å². The molecule has 0 N–H and O–H groups in total. The number of aliphatic imine (C=N–C) groups is 1. The second-order valence-electron chi connectivity index (χ2n) is 4.45. The maximum Gasteiger partial charge on any atom is 0.208 e. The number of piperazine rings is 1. The zero-order valence-corrected chi connectivity index (χ0v) is 11.9. The molecule has 0 atom stereocenters. The molecule has 1 aliphatic rings. The molecule has 0 aromatic heterocycles. The van der Waals surface area contributed by atoms with Crippen molar-refractivity contribution in [3.63, 3.8) is 0 Å². The molecule has 0 bridgehead atoms. The summed E-state index contributed by atoms with van der Waals surface area (Å²) in [7, 11) is 0. The molecule has 4 nitrogen and oxygen atoms in total. The van der Waals surface area contributed by atoms with E-state index >= 15 is 0 Å². The molecule has 2 rings (SSSR count). The predicted octanol–water partition coefficient (Wildman–Crippen LogP) is 2.00. The molecule has 1 heterocycles. The number of hydrogen-bond acceptors (Lipinski definition) is 4. The van der Waals surface area contributed by atoms with Crippen LogP contribution >= 0.6 is 11.8 Å². The van der Waals surface area contributed by atoms with Gasteiger partial charge in [-0.15, -0.1) is 4.99 Å². The lowest BCUT2D eigenvalue weighted by Gasteiger charge is -2.35. The summed E-state index contributed by atoms with van der Waals surface area (Å²) < 4.78 is 0. The Hall–Kier alpha value is -1.51. The number of benzene rings is 1. The molecule has 0 spiro atoms. The molecule has 1 saturated heterocycles. The molecule has 1 aliphatic heterocycles. The Morgan fingerprint density at radius 1 is 1.26 bits per heavy atom. The Morgan fingerprint density at radius 3 is 2.53 bits per heavy atom. The first-order valence-corrected chi connectivity index (χ1v) is 7.58. The van der Waals surface area contributed by atoms with E-state index < -0.39 is 0 Å². The summed E-state index contributed by atoms with van der Waals surface area (Å²) in [5.41, 5.74) is 1.35. The Labute approximate surface area is 118 Å². The minimum atomic E-state index is 0.835. The van der Waals surface area contributed by atoms with Crippen LogP contribution in [-0.2, 0) is 6.54 Å². The summed E-state index contributed by atoms with van der Waals surface area (Å²) >= 11 is 1.54. The summed E-state index contributed by atoms with van der Waals surface area (Å²) in [6.07, 6.45) is 3.84. The van der Waals surface area contributed by atoms with Crippen LogP contribution in [0.3, 0.4) is 0 Å². The van der Waals surface area contributed by atoms with Gasteiger partial charge in [0, 0.05) is 32.7 Å². The van der Waals surface area contributed by atoms with Gasteiger partial charge in [0.05, 0.1) is 0 Å². The van der Waals surface area contributed by atoms with E-state index in [1.807, 2.05) is 18.5 Å². The standard InChI is InChI=1S/C14H18N4S/c1-19-14(16-12-15)18-9-7-17(8-10-18)11-13-5-3-2-4-6-13/h2-6H,7-11H2,1H3/b16-14-. The molecule has 0 unspecified atom stereocenters. The fourth-order valence-corrected chi connectivity index (χ4v) is 2.80. The zero-order valence-electron chi connectivity index (χ0n) is 11.1. The first-order valence-electron chi connectivity index (χ1n) is 6.35. The highest BCUT2D eigenvalue weighted by atomic mass is 32.2. The van der Waals surface area contributed by atoms with Gasteiger partial charge in [-0.05, 0) is 11.8 Å². The smallest absolute Gasteiger partial charge is 0.208 e. The van der Waals surface area contributed by atoms with Crippen molar-refractivity contribution in [2.75, 3.05) is 32.4 Å². The lowest BCUT2D eigenvalue weighted by atomic mass is 10.2. The maximum absolute atomic E-state index is 8.66. The normalized spacial score (nSPS) is 17.3. The van der Waals surface area contributed by atoms with Gasteiger partial charge in [-0.25, -0.2) is 0 Å². The van der Waals surface area contributed by atoms with Crippen LogP contribution in [0.2, 0.25) is 0 Å². The highest BCUT2D eigenvalue weighted by molar-refractivity contribution is 8.13. The number of amidine groups is 1. The largest absolute Gasteiger partial charge is 0.348 e. The second-order valence-corrected chi connectivity index (χ2v) is 5.22. The molecule has 0 saturated carbocycles. The third kappa shape index (κ3) is 3.98. The number of thioether (sulfide) groups is 1. The van der Waals surface area contributed by atoms with Crippen molar-refractivity contribution < 1.29 is 0 Å². The zero-order chi connectivity index (χ0) is 13.5. The van der Waals surface area contributed by atoms with Gasteiger partial charge in [0.2, 0.25) is 6.19 Å². The predicted molar refractivity (Wildman–Crippen MR) is 79.9 cm³/mol. The highest BCUT2D eigenvalue weighted by Crippen LogP contribution is 2.12. The summed E-state index contributed by atoms with van der Waals surface area (Å²) in [6, 6.07) is 10.5. The topological polar surface area (TPSA) is 42.6 Å². The second kappa shape index (κ2) is 7.17. The highest BCUT2D eigenvalue weighted by Gasteiger charge is 2.19. The van der Waals surface area contributed by atoms with Crippen LogP contribution in [0.1, 0.15) is 5.56 Å². The van der Waals surface area contributed by atoms with Gasteiger partial charge in [0.15, 0.2) is 5.17 Å². The van der Waals surface area contributed by atoms with E-state index in [0.717, 1.165) is 37.9 Å². The molecule has 1 aromatic carbocycles. The molecule has 0 aliphatic carbocycles. The number of nitriles is 1. The minimum Gasteiger partial charge on any atom is -0.348 e. The van der Waals surface area contributed by atoms with Crippen molar-refractivity contribution >= 4 is 16.9 Å². The van der Waals surface area contributed by atoms with Crippen molar-refractivity contribution in [2.24, 2.45) is 4.99 Å². The SMILES string of the molecule is CS/C(=N\C#N)N1CCN(Cc2ccccc2)CC1. The van der Waals surface area contributed by atoms with Gasteiger partial charge < -0.3 is 4.90 Å². The molecule has 1 fully saturated rings. The van der Waals surface area contributed by atoms with Gasteiger partial charge >= 0.3 is 0 Å². The Bertz CT molecular complexity index is 458. The maximum atomic E-state index is 8.66. The van der Waals surface area contributed by atoms with Crippen LogP contribution in [0.15, 0.2) is 35.3 Å². The lowest BCUT2D eigenvalue weighted by Crippen LogP contribution is -2.47. The van der Waals surface area contributed by atoms with E-state index in [1.165, 1.54) is 5.56 Å². The molecular formula is C14H18N4S. The fraction of sp³-hybridized carbons (Fsp3) is 0.429. The van der Waals surface area contributed by atoms with Crippen LogP contribution in [0, 0.1) is 11.5 Å². The van der Waals surface area contributed by atoms with Crippen molar-refractivity contribution in [1.29, 1.82) is 5.26 Å². The monoisotopic (exact) mass is 274 g/mol. The average Bonchev–Trinajstić information content (AvgIpc) is 2.47. The van der Waals surface area contributed by atoms with E-state index in [4.69, 9.17) is 5.26 Å². The summed E-state index contributed by atoms with van der Waals surface area (Å²) in [5.74, 6) is 0. The van der Waals surface area contributed by atoms with Crippen molar-refractivity contribution in [3.8, 4) is 6.19 Å². The van der Waals surface area contributed by atoms with Crippen molar-refractivity contribution in [2.45, 2.75) is 6.54 Å². The first kappa shape index (κ1) is 13.9. The fourth-order valence-electron chi connectivity index (χ4n) is 2.23. The van der Waals surface area contributed by atoms with Crippen LogP contribution in [0.25, 0.3) is 0 Å². The molecule has 0 radical (unpaired) electrons. The van der Waals surface area contributed by atoms with Gasteiger partial charge in [0.1, 0.15) is 0 Å². The van der Waals surface area contributed by atoms with E-state index in [9.17, 15) is 0 Å². The van der Waals surface area contributed by atoms with Crippen LogP contribution in [-0.4, -0.2) is 47.4 Å².